The Kier molecular flexibility index (Phi) is 63.5. The molecule has 0 amide bonds. The normalized spacial score (nSPS) is 9.19. The second kappa shape index (κ2) is 35.2. The van der Waals surface area contributed by atoms with Crippen molar-refractivity contribution >= 4 is 29.7 Å². The van der Waals surface area contributed by atoms with Gasteiger partial charge in [0.2, 0.25) is 0 Å². The zero-order valence-electron chi connectivity index (χ0n) is 18.3. The van der Waals surface area contributed by atoms with Crippen LogP contribution in [0.15, 0.2) is 0 Å². The summed E-state index contributed by atoms with van der Waals surface area (Å²) in [4.78, 5) is 18.6. The van der Waals surface area contributed by atoms with Crippen LogP contribution in [0.5, 0.6) is 0 Å². The fourth-order valence-electron chi connectivity index (χ4n) is 1.22. The molecule has 0 aliphatic carbocycles. The van der Waals surface area contributed by atoms with Gasteiger partial charge in [-0.1, -0.05) is 60.8 Å². The maximum absolute atomic E-state index is 9.29. The molecule has 146 valence electrons. The molecule has 0 spiro atoms. The van der Waals surface area contributed by atoms with Gasteiger partial charge in [0.15, 0.2) is 0 Å². The van der Waals surface area contributed by atoms with Crippen molar-refractivity contribution in [1.29, 1.82) is 0 Å². The predicted molar refractivity (Wildman–Crippen MR) is 110 cm³/mol. The van der Waals surface area contributed by atoms with E-state index < -0.39 is 5.69 Å². The van der Waals surface area contributed by atoms with Crippen molar-refractivity contribution in [3.63, 3.8) is 0 Å². The van der Waals surface area contributed by atoms with Crippen LogP contribution < -0.4 is 9.79 Å². The average molecular weight is 579 g/mol. The average Bonchev–Trinajstić information content (AvgIpc) is 2.27. The predicted octanol–water partition coefficient (Wildman–Crippen LogP) is 5.24. The number of rotatable bonds is 6. The van der Waals surface area contributed by atoms with E-state index in [-0.39, 0.29) is 58.4 Å². The zero-order chi connectivity index (χ0) is 19.5. The summed E-state index contributed by atoms with van der Waals surface area (Å²) in [6, 6.07) is 0. The molecule has 0 fully saturated rings. The van der Waals surface area contributed by atoms with Gasteiger partial charge < -0.3 is 48.5 Å². The summed E-state index contributed by atoms with van der Waals surface area (Å²) < 4.78 is 0. The van der Waals surface area contributed by atoms with Crippen molar-refractivity contribution in [1.82, 2.24) is 0 Å². The van der Waals surface area contributed by atoms with E-state index >= 15 is 0 Å². The summed E-state index contributed by atoms with van der Waals surface area (Å²) >= 11 is 7.28. The molecule has 0 N–H and O–H groups in total. The molecule has 0 radical (unpaired) electrons. The van der Waals surface area contributed by atoms with Crippen molar-refractivity contribution < 1.29 is 68.2 Å². The van der Waals surface area contributed by atoms with E-state index in [0.717, 1.165) is 37.0 Å². The molecule has 26 heavy (non-hydrogen) atoms. The first kappa shape index (κ1) is 46.8. The minimum Gasteiger partial charge on any atom is -0.850 e. The summed E-state index contributed by atoms with van der Waals surface area (Å²) in [5.74, 6) is 2.51. The Morgan fingerprint density at radius 2 is 0.808 bits per heavy atom. The van der Waals surface area contributed by atoms with Crippen molar-refractivity contribution in [2.45, 2.75) is 80.1 Å². The molecule has 0 aromatic rings. The fraction of sp³-hybridized carbons (Fsp3) is 0.833. The minimum atomic E-state index is -3.72. The van der Waals surface area contributed by atoms with Crippen LogP contribution in [0.2, 0.25) is 0 Å². The van der Waals surface area contributed by atoms with Gasteiger partial charge in [0.1, 0.15) is 0 Å². The molecule has 0 aliphatic rings. The van der Waals surface area contributed by atoms with Crippen molar-refractivity contribution in [3.8, 4) is 0 Å². The van der Waals surface area contributed by atoms with Gasteiger partial charge in [-0.15, -0.1) is 0 Å². The third-order valence-corrected chi connectivity index (χ3v) is 2.34. The minimum absolute atomic E-state index is 0. The van der Waals surface area contributed by atoms with Crippen LogP contribution in [0.3, 0.4) is 0 Å². The topological polar surface area (TPSA) is 46.1 Å². The summed E-state index contributed by atoms with van der Waals surface area (Å²) in [7, 11) is 0. The summed E-state index contributed by atoms with van der Waals surface area (Å²) in [5, 5.41) is 0. The van der Waals surface area contributed by atoms with E-state index in [1.807, 2.05) is 0 Å². The van der Waals surface area contributed by atoms with Crippen molar-refractivity contribution in [2.75, 3.05) is 0 Å². The van der Waals surface area contributed by atoms with E-state index in [1.165, 1.54) is 19.3 Å². The summed E-state index contributed by atoms with van der Waals surface area (Å²) in [5.41, 5.74) is -3.72. The smallest absolute Gasteiger partial charge is 0.850 e. The van der Waals surface area contributed by atoms with E-state index in [2.05, 4.69) is 86.4 Å². The Bertz CT molecular complexity index is 221. The van der Waals surface area contributed by atoms with Gasteiger partial charge in [0.05, 0.1) is 0 Å². The largest absolute Gasteiger partial charge is 2.00 e. The third kappa shape index (κ3) is 128. The van der Waals surface area contributed by atoms with Crippen LogP contribution in [-0.2, 0) is 82.5 Å². The molecule has 2 nitrogen and oxygen atoms in total. The van der Waals surface area contributed by atoms with Crippen LogP contribution in [0.25, 0.3) is 0 Å². The van der Waals surface area contributed by atoms with Gasteiger partial charge in [-0.25, -0.2) is 0 Å². The number of hydrogen-bond donors (Lipinski definition) is 0. The van der Waals surface area contributed by atoms with Crippen LogP contribution >= 0.6 is 5.69 Å². The van der Waals surface area contributed by atoms with Crippen LogP contribution in [0, 0.1) is 38.5 Å². The molecule has 0 saturated carbocycles. The molecule has 0 bridgehead atoms. The molecule has 0 aromatic carbocycles. The molecule has 0 heterocycles. The Morgan fingerprint density at radius 1 is 0.692 bits per heavy atom. The van der Waals surface area contributed by atoms with Gasteiger partial charge in [-0.2, -0.15) is 31.1 Å². The van der Waals surface area contributed by atoms with Gasteiger partial charge in [-0.05, 0) is 17.8 Å². The molecular weight excluding hydrogens is 539 g/mol. The Balaban J connectivity index is -0.0000000357. The standard InChI is InChI=1S/3C6H13.H3O2PS2.3Zn/c3*1-4-5-6(2)3;1-3(2,4)5;;;/h3*6H,1,4-5H2,2-3H3;(H3,1,2,4,5);;;/q3*-1;;3*+2/p-3. The second-order valence-electron chi connectivity index (χ2n) is 6.56. The molecule has 0 atom stereocenters. The fourth-order valence-corrected chi connectivity index (χ4v) is 1.22. The molecule has 0 aromatic heterocycles. The summed E-state index contributed by atoms with van der Waals surface area (Å²) in [6.45, 7) is 24.5. The molecular formula is C18H39O2PS2Zn3. The van der Waals surface area contributed by atoms with Gasteiger partial charge in [0, 0.05) is 0 Å². The SMILES string of the molecule is [CH2-]CCC(C)C.[CH2-]CCC(C)C.[CH2-]CCC(C)C.[O-]P([O-])(=S)[S-].[Zn+2].[Zn+2].[Zn+2]. The van der Waals surface area contributed by atoms with E-state index in [9.17, 15) is 9.79 Å². The molecule has 0 unspecified atom stereocenters. The first-order valence-corrected chi connectivity index (χ1v) is 12.1. The van der Waals surface area contributed by atoms with E-state index in [4.69, 9.17) is 0 Å². The Morgan fingerprint density at radius 3 is 0.808 bits per heavy atom. The molecule has 0 rings (SSSR count). The maximum Gasteiger partial charge on any atom is 2.00 e. The zero-order valence-corrected chi connectivity index (χ0v) is 29.7. The molecule has 0 saturated heterocycles. The molecule has 0 aliphatic heterocycles. The summed E-state index contributed by atoms with van der Waals surface area (Å²) in [6.07, 6.45) is 7.03. The van der Waals surface area contributed by atoms with Crippen molar-refractivity contribution in [3.05, 3.63) is 20.8 Å². The molecule has 8 heteroatoms. The Hall–Kier alpha value is 2.79. The van der Waals surface area contributed by atoms with Crippen molar-refractivity contribution in [2.24, 2.45) is 17.8 Å². The van der Waals surface area contributed by atoms with Crippen LogP contribution in [-0.4, -0.2) is 0 Å². The van der Waals surface area contributed by atoms with Crippen LogP contribution in [0.1, 0.15) is 80.1 Å². The Labute approximate surface area is 214 Å². The van der Waals surface area contributed by atoms with Gasteiger partial charge in [-0.3, -0.25) is 0 Å². The van der Waals surface area contributed by atoms with Crippen LogP contribution in [0.4, 0.5) is 0 Å². The monoisotopic (exact) mass is 574 g/mol. The number of hydrogen-bond acceptors (Lipinski definition) is 4. The van der Waals surface area contributed by atoms with Gasteiger partial charge >= 0.3 is 58.4 Å². The third-order valence-electron chi connectivity index (χ3n) is 2.34. The quantitative estimate of drug-likeness (QED) is 0.187. The van der Waals surface area contributed by atoms with E-state index in [0.29, 0.717) is 0 Å². The van der Waals surface area contributed by atoms with E-state index in [1.54, 1.807) is 0 Å². The van der Waals surface area contributed by atoms with Gasteiger partial charge in [0.25, 0.3) is 0 Å². The first-order valence-electron chi connectivity index (χ1n) is 8.42. The maximum atomic E-state index is 9.29. The first-order chi connectivity index (χ1) is 10.3. The second-order valence-corrected chi connectivity index (χ2v) is 11.0.